The van der Waals surface area contributed by atoms with Gasteiger partial charge in [0.1, 0.15) is 5.82 Å². The fraction of sp³-hybridized carbons (Fsp3) is 0.571. The minimum Gasteiger partial charge on any atom is -0.370 e. The highest BCUT2D eigenvalue weighted by Crippen LogP contribution is 2.30. The Morgan fingerprint density at radius 1 is 1.33 bits per heavy atom. The summed E-state index contributed by atoms with van der Waals surface area (Å²) in [6.07, 6.45) is 0. The number of nitrogens with one attached hydrogen (secondary N) is 1. The monoisotopic (exact) mass is 268 g/mol. The van der Waals surface area contributed by atoms with Crippen LogP contribution in [0.3, 0.4) is 0 Å². The third kappa shape index (κ3) is 2.81. The van der Waals surface area contributed by atoms with E-state index in [-0.39, 0.29) is 11.9 Å². The van der Waals surface area contributed by atoms with Crippen molar-refractivity contribution in [2.45, 2.75) is 19.9 Å². The molecule has 1 fully saturated rings. The Hall–Kier alpha value is -0.740. The van der Waals surface area contributed by atoms with Gasteiger partial charge in [0.05, 0.1) is 0 Å². The van der Waals surface area contributed by atoms with Gasteiger partial charge in [-0.1, -0.05) is 0 Å². The van der Waals surface area contributed by atoms with Gasteiger partial charge in [-0.25, -0.2) is 4.39 Å². The van der Waals surface area contributed by atoms with Crippen LogP contribution in [0, 0.1) is 12.7 Å². The molecule has 0 amide bonds. The molecule has 1 N–H and O–H groups in total. The molecule has 2 rings (SSSR count). The Balaban J connectivity index is 2.39. The summed E-state index contributed by atoms with van der Waals surface area (Å²) in [5.74, 6) is 2.20. The molecule has 1 saturated heterocycles. The van der Waals surface area contributed by atoms with Gasteiger partial charge in [0.25, 0.3) is 0 Å². The number of halogens is 1. The average Bonchev–Trinajstić information content (AvgIpc) is 2.41. The smallest absolute Gasteiger partial charge is 0.126 e. The first-order valence-corrected chi connectivity index (χ1v) is 7.59. The normalized spacial score (nSPS) is 17.9. The molecule has 4 heteroatoms. The summed E-state index contributed by atoms with van der Waals surface area (Å²) >= 11 is 1.99. The number of hydrogen-bond donors (Lipinski definition) is 1. The molecular formula is C14H21FN2S. The van der Waals surface area contributed by atoms with E-state index in [0.29, 0.717) is 0 Å². The standard InChI is InChI=1S/C14H21FN2S/c1-10-8-14(17-4-6-18-7-5-17)12(9-13(10)15)11(2)16-3/h8-9,11,16H,4-7H2,1-3H3. The second kappa shape index (κ2) is 5.93. The summed E-state index contributed by atoms with van der Waals surface area (Å²) in [5.41, 5.74) is 2.99. The number of benzene rings is 1. The summed E-state index contributed by atoms with van der Waals surface area (Å²) < 4.78 is 13.8. The highest BCUT2D eigenvalue weighted by molar-refractivity contribution is 7.99. The van der Waals surface area contributed by atoms with Crippen LogP contribution in [0.15, 0.2) is 12.1 Å². The van der Waals surface area contributed by atoms with Crippen molar-refractivity contribution in [3.63, 3.8) is 0 Å². The van der Waals surface area contributed by atoms with Crippen molar-refractivity contribution in [1.82, 2.24) is 5.32 Å². The van der Waals surface area contributed by atoms with Gasteiger partial charge in [-0.2, -0.15) is 11.8 Å². The van der Waals surface area contributed by atoms with E-state index in [1.54, 1.807) is 6.07 Å². The molecule has 0 aliphatic carbocycles. The van der Waals surface area contributed by atoms with E-state index in [0.717, 1.165) is 35.7 Å². The fourth-order valence-corrected chi connectivity index (χ4v) is 3.17. The Morgan fingerprint density at radius 3 is 2.61 bits per heavy atom. The molecule has 1 aromatic carbocycles. The van der Waals surface area contributed by atoms with Crippen molar-refractivity contribution >= 4 is 17.4 Å². The first-order valence-electron chi connectivity index (χ1n) is 6.43. The second-order valence-corrected chi connectivity index (χ2v) is 5.99. The van der Waals surface area contributed by atoms with E-state index in [1.165, 1.54) is 5.69 Å². The van der Waals surface area contributed by atoms with E-state index in [9.17, 15) is 4.39 Å². The molecule has 1 atom stereocenters. The average molecular weight is 268 g/mol. The van der Waals surface area contributed by atoms with Gasteiger partial charge in [0, 0.05) is 36.3 Å². The molecule has 1 aliphatic heterocycles. The number of aryl methyl sites for hydroxylation is 1. The maximum absolute atomic E-state index is 13.8. The molecular weight excluding hydrogens is 247 g/mol. The van der Waals surface area contributed by atoms with Gasteiger partial charge in [-0.15, -0.1) is 0 Å². The molecule has 1 aromatic rings. The predicted molar refractivity (Wildman–Crippen MR) is 78.1 cm³/mol. The predicted octanol–water partition coefficient (Wildman–Crippen LogP) is 2.97. The molecule has 0 spiro atoms. The Labute approximate surface area is 113 Å². The minimum atomic E-state index is -0.109. The van der Waals surface area contributed by atoms with Crippen molar-refractivity contribution in [3.8, 4) is 0 Å². The van der Waals surface area contributed by atoms with E-state index in [1.807, 2.05) is 31.8 Å². The van der Waals surface area contributed by atoms with Crippen molar-refractivity contribution in [1.29, 1.82) is 0 Å². The molecule has 0 radical (unpaired) electrons. The van der Waals surface area contributed by atoms with Gasteiger partial charge in [-0.3, -0.25) is 0 Å². The van der Waals surface area contributed by atoms with Crippen LogP contribution in [0.5, 0.6) is 0 Å². The lowest BCUT2D eigenvalue weighted by Gasteiger charge is -2.32. The van der Waals surface area contributed by atoms with Crippen LogP contribution >= 0.6 is 11.8 Å². The van der Waals surface area contributed by atoms with Crippen molar-refractivity contribution < 1.29 is 4.39 Å². The third-order valence-electron chi connectivity index (χ3n) is 3.56. The maximum atomic E-state index is 13.8. The van der Waals surface area contributed by atoms with Crippen LogP contribution in [0.25, 0.3) is 0 Å². The van der Waals surface area contributed by atoms with Gasteiger partial charge >= 0.3 is 0 Å². The molecule has 0 aromatic heterocycles. The van der Waals surface area contributed by atoms with E-state index < -0.39 is 0 Å². The fourth-order valence-electron chi connectivity index (χ4n) is 2.26. The molecule has 2 nitrogen and oxygen atoms in total. The quantitative estimate of drug-likeness (QED) is 0.907. The Bertz CT molecular complexity index is 417. The van der Waals surface area contributed by atoms with Gasteiger partial charge in [0.2, 0.25) is 0 Å². The molecule has 18 heavy (non-hydrogen) atoms. The summed E-state index contributed by atoms with van der Waals surface area (Å²) in [6, 6.07) is 3.85. The van der Waals surface area contributed by atoms with Crippen LogP contribution < -0.4 is 10.2 Å². The number of hydrogen-bond acceptors (Lipinski definition) is 3. The topological polar surface area (TPSA) is 15.3 Å². The molecule has 1 unspecified atom stereocenters. The first kappa shape index (κ1) is 13.7. The van der Waals surface area contributed by atoms with Crippen LogP contribution in [0.4, 0.5) is 10.1 Å². The molecule has 0 bridgehead atoms. The van der Waals surface area contributed by atoms with Crippen molar-refractivity contribution in [3.05, 3.63) is 29.1 Å². The van der Waals surface area contributed by atoms with Crippen LogP contribution in [0.1, 0.15) is 24.1 Å². The second-order valence-electron chi connectivity index (χ2n) is 4.77. The lowest BCUT2D eigenvalue weighted by molar-refractivity contribution is 0.599. The molecule has 1 aliphatic rings. The zero-order valence-electron chi connectivity index (χ0n) is 11.3. The largest absolute Gasteiger partial charge is 0.370 e. The summed E-state index contributed by atoms with van der Waals surface area (Å²) in [4.78, 5) is 2.38. The first-order chi connectivity index (χ1) is 8.63. The van der Waals surface area contributed by atoms with Gasteiger partial charge < -0.3 is 10.2 Å². The van der Waals surface area contributed by atoms with Crippen LogP contribution in [0.2, 0.25) is 0 Å². The Kier molecular flexibility index (Phi) is 4.51. The lowest BCUT2D eigenvalue weighted by Crippen LogP contribution is -2.34. The lowest BCUT2D eigenvalue weighted by atomic mass is 10.0. The number of thioether (sulfide) groups is 1. The number of nitrogens with zero attached hydrogens (tertiary/aromatic N) is 1. The number of rotatable bonds is 3. The van der Waals surface area contributed by atoms with Gasteiger partial charge in [0.15, 0.2) is 0 Å². The minimum absolute atomic E-state index is 0.109. The van der Waals surface area contributed by atoms with Crippen molar-refractivity contribution in [2.75, 3.05) is 36.5 Å². The van der Waals surface area contributed by atoms with Crippen molar-refractivity contribution in [2.24, 2.45) is 0 Å². The zero-order chi connectivity index (χ0) is 13.1. The Morgan fingerprint density at radius 2 is 2.00 bits per heavy atom. The summed E-state index contributed by atoms with van der Waals surface area (Å²) in [7, 11) is 1.91. The van der Waals surface area contributed by atoms with Gasteiger partial charge in [-0.05, 0) is 44.2 Å². The number of anilines is 1. The van der Waals surface area contributed by atoms with E-state index in [4.69, 9.17) is 0 Å². The third-order valence-corrected chi connectivity index (χ3v) is 4.50. The maximum Gasteiger partial charge on any atom is 0.126 e. The van der Waals surface area contributed by atoms with E-state index >= 15 is 0 Å². The molecule has 0 saturated carbocycles. The highest BCUT2D eigenvalue weighted by Gasteiger charge is 2.19. The van der Waals surface area contributed by atoms with Crippen LogP contribution in [-0.2, 0) is 0 Å². The SMILES string of the molecule is CNC(C)c1cc(F)c(C)cc1N1CCSCC1. The zero-order valence-corrected chi connectivity index (χ0v) is 12.1. The van der Waals surface area contributed by atoms with E-state index in [2.05, 4.69) is 17.1 Å². The summed E-state index contributed by atoms with van der Waals surface area (Å²) in [6.45, 7) is 6.02. The molecule has 1 heterocycles. The summed E-state index contributed by atoms with van der Waals surface area (Å²) in [5, 5.41) is 3.21. The highest BCUT2D eigenvalue weighted by atomic mass is 32.2. The molecule has 100 valence electrons. The van der Waals surface area contributed by atoms with Crippen LogP contribution in [-0.4, -0.2) is 31.6 Å².